The van der Waals surface area contributed by atoms with Gasteiger partial charge in [0.15, 0.2) is 0 Å². The van der Waals surface area contributed by atoms with Crippen molar-refractivity contribution in [2.24, 2.45) is 0 Å². The largest absolute Gasteiger partial charge is 0.381 e. The first-order valence-corrected chi connectivity index (χ1v) is 8.53. The van der Waals surface area contributed by atoms with Gasteiger partial charge in [-0.1, -0.05) is 12.1 Å². The van der Waals surface area contributed by atoms with Crippen molar-refractivity contribution in [1.82, 2.24) is 9.55 Å². The molecule has 5 heteroatoms. The Hall–Kier alpha value is -2.66. The molecular weight excluding hydrogens is 314 g/mol. The Morgan fingerprint density at radius 2 is 2.00 bits per heavy atom. The molecule has 0 aliphatic carbocycles. The van der Waals surface area contributed by atoms with Crippen LogP contribution in [0.25, 0.3) is 16.7 Å². The highest BCUT2D eigenvalue weighted by Crippen LogP contribution is 2.24. The number of nitrogens with one attached hydrogen (secondary N) is 1. The van der Waals surface area contributed by atoms with E-state index in [0.717, 1.165) is 33.8 Å². The lowest BCUT2D eigenvalue weighted by Crippen LogP contribution is -2.15. The molecule has 5 nitrogen and oxygen atoms in total. The summed E-state index contributed by atoms with van der Waals surface area (Å²) >= 11 is 0. The van der Waals surface area contributed by atoms with Crippen LogP contribution in [0, 0.1) is 13.8 Å². The highest BCUT2D eigenvalue weighted by Gasteiger charge is 2.11. The molecule has 0 fully saturated rings. The normalized spacial score (nSPS) is 11.0. The molecule has 1 amide bonds. The lowest BCUT2D eigenvalue weighted by Gasteiger charge is -2.12. The van der Waals surface area contributed by atoms with Gasteiger partial charge in [-0.2, -0.15) is 0 Å². The van der Waals surface area contributed by atoms with Crippen molar-refractivity contribution in [1.29, 1.82) is 0 Å². The molecule has 1 N–H and O–H groups in total. The number of aromatic nitrogens is 2. The average Bonchev–Trinajstić information content (AvgIpc) is 2.93. The number of aryl methyl sites for hydroxylation is 2. The Bertz CT molecular complexity index is 899. The second-order valence-corrected chi connectivity index (χ2v) is 5.98. The van der Waals surface area contributed by atoms with Crippen LogP contribution in [0.4, 0.5) is 5.69 Å². The third-order valence-corrected chi connectivity index (χ3v) is 4.15. The average molecular weight is 337 g/mol. The number of ether oxygens (including phenoxy) is 1. The van der Waals surface area contributed by atoms with Crippen molar-refractivity contribution in [3.8, 4) is 5.69 Å². The van der Waals surface area contributed by atoms with E-state index in [1.807, 2.05) is 51.1 Å². The quantitative estimate of drug-likeness (QED) is 0.692. The number of hydrogen-bond acceptors (Lipinski definition) is 3. The number of carbonyl (C=O) groups is 1. The Morgan fingerprint density at radius 1 is 1.20 bits per heavy atom. The number of para-hydroxylation sites is 2. The minimum absolute atomic E-state index is 0.0337. The lowest BCUT2D eigenvalue weighted by atomic mass is 10.1. The lowest BCUT2D eigenvalue weighted by molar-refractivity contribution is -0.117. The summed E-state index contributed by atoms with van der Waals surface area (Å²) in [6.07, 6.45) is 0.361. The molecule has 130 valence electrons. The van der Waals surface area contributed by atoms with Crippen molar-refractivity contribution < 1.29 is 9.53 Å². The van der Waals surface area contributed by atoms with Crippen LogP contribution in [-0.2, 0) is 9.53 Å². The minimum atomic E-state index is -0.0337. The van der Waals surface area contributed by atoms with Gasteiger partial charge >= 0.3 is 0 Å². The molecule has 2 aromatic carbocycles. The molecule has 0 saturated heterocycles. The van der Waals surface area contributed by atoms with Gasteiger partial charge in [-0.3, -0.25) is 9.36 Å². The minimum Gasteiger partial charge on any atom is -0.381 e. The smallest absolute Gasteiger partial charge is 0.226 e. The predicted molar refractivity (Wildman–Crippen MR) is 100 cm³/mol. The highest BCUT2D eigenvalue weighted by atomic mass is 16.5. The second-order valence-electron chi connectivity index (χ2n) is 5.98. The maximum absolute atomic E-state index is 12.0. The standard InChI is InChI=1S/C20H23N3O2/c1-4-25-12-11-20(24)22-17-10-9-16(13-14(17)2)23-15(3)21-18-7-5-6-8-19(18)23/h5-10,13H,4,11-12H2,1-3H3,(H,22,24). The van der Waals surface area contributed by atoms with Gasteiger partial charge in [-0.15, -0.1) is 0 Å². The van der Waals surface area contributed by atoms with E-state index in [1.54, 1.807) is 0 Å². The van der Waals surface area contributed by atoms with Crippen molar-refractivity contribution in [3.05, 3.63) is 53.9 Å². The van der Waals surface area contributed by atoms with E-state index in [1.165, 1.54) is 0 Å². The van der Waals surface area contributed by atoms with Crippen LogP contribution < -0.4 is 5.32 Å². The number of hydrogen-bond donors (Lipinski definition) is 1. The maximum Gasteiger partial charge on any atom is 0.226 e. The van der Waals surface area contributed by atoms with Crippen molar-refractivity contribution in [2.75, 3.05) is 18.5 Å². The zero-order chi connectivity index (χ0) is 17.8. The summed E-state index contributed by atoms with van der Waals surface area (Å²) in [6.45, 7) is 6.98. The fourth-order valence-electron chi connectivity index (χ4n) is 2.92. The van der Waals surface area contributed by atoms with Crippen LogP contribution in [0.3, 0.4) is 0 Å². The molecule has 3 aromatic rings. The van der Waals surface area contributed by atoms with E-state index in [2.05, 4.69) is 27.0 Å². The topological polar surface area (TPSA) is 56.1 Å². The Labute approximate surface area is 147 Å². The third kappa shape index (κ3) is 3.72. The number of nitrogens with zero attached hydrogens (tertiary/aromatic N) is 2. The number of benzene rings is 2. The van der Waals surface area contributed by atoms with E-state index in [4.69, 9.17) is 4.74 Å². The highest BCUT2D eigenvalue weighted by molar-refractivity contribution is 5.91. The molecular formula is C20H23N3O2. The first-order chi connectivity index (χ1) is 12.1. The van der Waals surface area contributed by atoms with Crippen LogP contribution in [0.2, 0.25) is 0 Å². The van der Waals surface area contributed by atoms with Crippen molar-refractivity contribution >= 4 is 22.6 Å². The Morgan fingerprint density at radius 3 is 2.76 bits per heavy atom. The number of carbonyl (C=O) groups excluding carboxylic acids is 1. The molecule has 0 bridgehead atoms. The van der Waals surface area contributed by atoms with Crippen molar-refractivity contribution in [2.45, 2.75) is 27.2 Å². The molecule has 0 saturated carbocycles. The number of anilines is 1. The summed E-state index contributed by atoms with van der Waals surface area (Å²) in [5.41, 5.74) is 4.93. The van der Waals surface area contributed by atoms with E-state index in [-0.39, 0.29) is 5.91 Å². The fourth-order valence-corrected chi connectivity index (χ4v) is 2.92. The van der Waals surface area contributed by atoms with Crippen LogP contribution >= 0.6 is 0 Å². The fraction of sp³-hybridized carbons (Fsp3) is 0.300. The monoisotopic (exact) mass is 337 g/mol. The van der Waals surface area contributed by atoms with Crippen molar-refractivity contribution in [3.63, 3.8) is 0 Å². The molecule has 0 aliphatic heterocycles. The summed E-state index contributed by atoms with van der Waals surface area (Å²) < 4.78 is 7.35. The number of amides is 1. The van der Waals surface area contributed by atoms with Gasteiger partial charge in [0.05, 0.1) is 24.1 Å². The summed E-state index contributed by atoms with van der Waals surface area (Å²) in [7, 11) is 0. The number of imidazole rings is 1. The molecule has 0 atom stereocenters. The first kappa shape index (κ1) is 17.2. The van der Waals surface area contributed by atoms with Gasteiger partial charge in [-0.05, 0) is 56.7 Å². The number of rotatable bonds is 6. The Balaban J connectivity index is 1.84. The Kier molecular flexibility index (Phi) is 5.14. The van der Waals surface area contributed by atoms with Gasteiger partial charge < -0.3 is 10.1 Å². The molecule has 1 aromatic heterocycles. The summed E-state index contributed by atoms with van der Waals surface area (Å²) in [5.74, 6) is 0.905. The van der Waals surface area contributed by atoms with E-state index >= 15 is 0 Å². The molecule has 1 heterocycles. The zero-order valence-electron chi connectivity index (χ0n) is 14.9. The molecule has 0 spiro atoms. The number of fused-ring (bicyclic) bond motifs is 1. The molecule has 0 unspecified atom stereocenters. The first-order valence-electron chi connectivity index (χ1n) is 8.53. The van der Waals surface area contributed by atoms with Gasteiger partial charge in [0.25, 0.3) is 0 Å². The van der Waals surface area contributed by atoms with Gasteiger partial charge in [0.2, 0.25) is 5.91 Å². The van der Waals surface area contributed by atoms with Gasteiger partial charge in [0, 0.05) is 18.0 Å². The zero-order valence-corrected chi connectivity index (χ0v) is 14.9. The van der Waals surface area contributed by atoms with Crippen LogP contribution in [0.1, 0.15) is 24.7 Å². The van der Waals surface area contributed by atoms with E-state index < -0.39 is 0 Å². The van der Waals surface area contributed by atoms with Gasteiger partial charge in [-0.25, -0.2) is 4.98 Å². The summed E-state index contributed by atoms with van der Waals surface area (Å²) in [6, 6.07) is 14.1. The van der Waals surface area contributed by atoms with Gasteiger partial charge in [0.1, 0.15) is 5.82 Å². The van der Waals surface area contributed by atoms with Crippen LogP contribution in [-0.4, -0.2) is 28.7 Å². The van der Waals surface area contributed by atoms with E-state index in [0.29, 0.717) is 19.6 Å². The predicted octanol–water partition coefficient (Wildman–Crippen LogP) is 4.01. The second kappa shape index (κ2) is 7.49. The summed E-state index contributed by atoms with van der Waals surface area (Å²) in [5, 5.41) is 2.95. The molecule has 25 heavy (non-hydrogen) atoms. The maximum atomic E-state index is 12.0. The third-order valence-electron chi connectivity index (χ3n) is 4.15. The summed E-state index contributed by atoms with van der Waals surface area (Å²) in [4.78, 5) is 16.6. The molecule has 0 radical (unpaired) electrons. The van der Waals surface area contributed by atoms with E-state index in [9.17, 15) is 4.79 Å². The molecule has 0 aliphatic rings. The molecule has 3 rings (SSSR count). The SMILES string of the molecule is CCOCCC(=O)Nc1ccc(-n2c(C)nc3ccccc32)cc1C. The van der Waals surface area contributed by atoms with Crippen LogP contribution in [0.15, 0.2) is 42.5 Å². The van der Waals surface area contributed by atoms with Crippen LogP contribution in [0.5, 0.6) is 0 Å².